The molecule has 7 nitrogen and oxygen atoms in total. The predicted molar refractivity (Wildman–Crippen MR) is 132 cm³/mol. The third-order valence-electron chi connectivity index (χ3n) is 4.89. The van der Waals surface area contributed by atoms with Crippen molar-refractivity contribution in [1.82, 2.24) is 9.55 Å². The summed E-state index contributed by atoms with van der Waals surface area (Å²) in [5.74, 6) is 0.967. The minimum absolute atomic E-state index is 0.147. The number of anilines is 1. The summed E-state index contributed by atoms with van der Waals surface area (Å²) in [5, 5.41) is 0.578. The van der Waals surface area contributed by atoms with Gasteiger partial charge in [-0.2, -0.15) is 0 Å². The molecule has 0 amide bonds. The fraction of sp³-hybridized carbons (Fsp3) is 0.160. The molecule has 0 atom stereocenters. The van der Waals surface area contributed by atoms with E-state index in [0.717, 1.165) is 11.3 Å². The second-order valence-electron chi connectivity index (χ2n) is 7.39. The van der Waals surface area contributed by atoms with Crippen LogP contribution in [0.2, 0.25) is 5.02 Å². The molecule has 176 valence electrons. The van der Waals surface area contributed by atoms with Crippen LogP contribution in [0.5, 0.6) is 5.75 Å². The molecule has 4 rings (SSSR count). The third-order valence-corrected chi connectivity index (χ3v) is 6.49. The lowest BCUT2D eigenvalue weighted by atomic mass is 10.2. The maximum atomic E-state index is 12.9. The molecule has 3 aromatic carbocycles. The summed E-state index contributed by atoms with van der Waals surface area (Å²) in [4.78, 5) is 4.63. The van der Waals surface area contributed by atoms with Crippen molar-refractivity contribution >= 4 is 27.6 Å². The Morgan fingerprint density at radius 2 is 1.65 bits per heavy atom. The van der Waals surface area contributed by atoms with E-state index in [1.54, 1.807) is 53.2 Å². The molecule has 0 radical (unpaired) electrons. The van der Waals surface area contributed by atoms with Gasteiger partial charge in [0.1, 0.15) is 5.75 Å². The lowest BCUT2D eigenvalue weighted by Crippen LogP contribution is -2.16. The van der Waals surface area contributed by atoms with Gasteiger partial charge in [0, 0.05) is 16.9 Å². The van der Waals surface area contributed by atoms with Crippen LogP contribution in [-0.4, -0.2) is 24.6 Å². The zero-order valence-corrected chi connectivity index (χ0v) is 20.1. The van der Waals surface area contributed by atoms with E-state index in [0.29, 0.717) is 29.6 Å². The van der Waals surface area contributed by atoms with Gasteiger partial charge in [-0.05, 0) is 61.0 Å². The molecule has 0 bridgehead atoms. The largest absolute Gasteiger partial charge is 0.494 e. The van der Waals surface area contributed by atoms with Gasteiger partial charge in [0.25, 0.3) is 10.0 Å². The van der Waals surface area contributed by atoms with Crippen molar-refractivity contribution in [2.75, 3.05) is 11.3 Å². The summed E-state index contributed by atoms with van der Waals surface area (Å²) in [6, 6.07) is 22.9. The smallest absolute Gasteiger partial charge is 0.264 e. The van der Waals surface area contributed by atoms with E-state index >= 15 is 0 Å². The van der Waals surface area contributed by atoms with Crippen LogP contribution >= 0.6 is 11.6 Å². The van der Waals surface area contributed by atoms with E-state index in [1.165, 1.54) is 12.1 Å². The highest BCUT2D eigenvalue weighted by Gasteiger charge is 2.19. The lowest BCUT2D eigenvalue weighted by Gasteiger charge is -2.10. The Labute approximate surface area is 204 Å². The second kappa shape index (κ2) is 10.7. The van der Waals surface area contributed by atoms with E-state index in [9.17, 15) is 8.42 Å². The van der Waals surface area contributed by atoms with Gasteiger partial charge in [0.05, 0.1) is 30.4 Å². The molecule has 9 heteroatoms. The van der Waals surface area contributed by atoms with Crippen molar-refractivity contribution in [3.8, 4) is 11.4 Å². The van der Waals surface area contributed by atoms with Gasteiger partial charge in [0.2, 0.25) is 5.95 Å². The molecule has 0 unspecified atom stereocenters. The molecule has 1 N–H and O–H groups in total. The Bertz CT molecular complexity index is 1320. The van der Waals surface area contributed by atoms with Gasteiger partial charge < -0.3 is 9.47 Å². The Hall–Kier alpha value is -3.33. The van der Waals surface area contributed by atoms with Gasteiger partial charge in [-0.15, -0.1) is 0 Å². The highest BCUT2D eigenvalue weighted by atomic mass is 35.5. The summed E-state index contributed by atoms with van der Waals surface area (Å²) in [7, 11) is -3.82. The number of aromatic nitrogens is 2. The number of ether oxygens (including phenoxy) is 2. The fourth-order valence-corrected chi connectivity index (χ4v) is 4.41. The molecule has 0 aliphatic heterocycles. The molecule has 0 fully saturated rings. The van der Waals surface area contributed by atoms with Gasteiger partial charge in [0.15, 0.2) is 0 Å². The number of imidazole rings is 1. The van der Waals surface area contributed by atoms with Crippen LogP contribution in [0.3, 0.4) is 0 Å². The van der Waals surface area contributed by atoms with Crippen molar-refractivity contribution in [3.05, 3.63) is 101 Å². The van der Waals surface area contributed by atoms with E-state index in [2.05, 4.69) is 9.71 Å². The number of sulfonamides is 1. The Kier molecular flexibility index (Phi) is 7.52. The number of benzene rings is 3. The molecular weight excluding hydrogens is 474 g/mol. The number of hydrogen-bond acceptors (Lipinski definition) is 5. The highest BCUT2D eigenvalue weighted by Crippen LogP contribution is 2.22. The number of rotatable bonds is 10. The maximum Gasteiger partial charge on any atom is 0.264 e. The summed E-state index contributed by atoms with van der Waals surface area (Å²) in [6.07, 6.45) is 1.74. The van der Waals surface area contributed by atoms with Crippen molar-refractivity contribution < 1.29 is 17.9 Å². The molecule has 0 saturated carbocycles. The van der Waals surface area contributed by atoms with Crippen LogP contribution in [0, 0.1) is 0 Å². The Balaban J connectivity index is 1.53. The van der Waals surface area contributed by atoms with Crippen LogP contribution < -0.4 is 9.46 Å². The standard InChI is InChI=1S/C25H24ClN3O4S/c1-2-33-23-14-8-19(9-15-23)17-32-18-21-16-29(22-12-10-20(26)11-13-22)25(27-21)28-34(30,31)24-6-4-3-5-7-24/h3-16H,2,17-18H2,1H3,(H,27,28). The molecule has 34 heavy (non-hydrogen) atoms. The normalized spacial score (nSPS) is 11.4. The first-order valence-corrected chi connectivity index (χ1v) is 12.5. The number of hydrogen-bond donors (Lipinski definition) is 1. The zero-order chi connectivity index (χ0) is 24.0. The van der Waals surface area contributed by atoms with Crippen LogP contribution in [0.15, 0.2) is 90.0 Å². The molecular formula is C25H24ClN3O4S. The Morgan fingerprint density at radius 1 is 0.941 bits per heavy atom. The van der Waals surface area contributed by atoms with Crippen molar-refractivity contribution in [2.45, 2.75) is 25.0 Å². The van der Waals surface area contributed by atoms with Crippen LogP contribution in [-0.2, 0) is 28.0 Å². The zero-order valence-electron chi connectivity index (χ0n) is 18.5. The molecule has 0 aliphatic rings. The van der Waals surface area contributed by atoms with Crippen molar-refractivity contribution in [1.29, 1.82) is 0 Å². The number of halogens is 1. The van der Waals surface area contributed by atoms with Crippen LogP contribution in [0.1, 0.15) is 18.2 Å². The van der Waals surface area contributed by atoms with Gasteiger partial charge in [-0.25, -0.2) is 18.1 Å². The Morgan fingerprint density at radius 3 is 2.32 bits per heavy atom. The van der Waals surface area contributed by atoms with Crippen molar-refractivity contribution in [3.63, 3.8) is 0 Å². The number of nitrogens with one attached hydrogen (secondary N) is 1. The maximum absolute atomic E-state index is 12.9. The lowest BCUT2D eigenvalue weighted by molar-refractivity contribution is 0.105. The van der Waals surface area contributed by atoms with E-state index in [4.69, 9.17) is 21.1 Å². The monoisotopic (exact) mass is 497 g/mol. The SMILES string of the molecule is CCOc1ccc(COCc2cn(-c3ccc(Cl)cc3)c(NS(=O)(=O)c3ccccc3)n2)cc1. The summed E-state index contributed by atoms with van der Waals surface area (Å²) >= 11 is 6.02. The second-order valence-corrected chi connectivity index (χ2v) is 9.51. The van der Waals surface area contributed by atoms with Crippen molar-refractivity contribution in [2.24, 2.45) is 0 Å². The first-order chi connectivity index (χ1) is 16.4. The third kappa shape index (κ3) is 5.96. The van der Waals surface area contributed by atoms with E-state index in [-0.39, 0.29) is 17.5 Å². The summed E-state index contributed by atoms with van der Waals surface area (Å²) in [6.45, 7) is 3.13. The molecule has 0 saturated heterocycles. The van der Waals surface area contributed by atoms with Crippen LogP contribution in [0.4, 0.5) is 5.95 Å². The first kappa shape index (κ1) is 23.8. The number of nitrogens with zero attached hydrogens (tertiary/aromatic N) is 2. The average molecular weight is 498 g/mol. The summed E-state index contributed by atoms with van der Waals surface area (Å²) < 4.78 is 41.3. The predicted octanol–water partition coefficient (Wildman–Crippen LogP) is 5.44. The van der Waals surface area contributed by atoms with Gasteiger partial charge in [-0.3, -0.25) is 4.57 Å². The molecule has 1 heterocycles. The molecule has 1 aromatic heterocycles. The van der Waals surface area contributed by atoms with Crippen LogP contribution in [0.25, 0.3) is 5.69 Å². The quantitative estimate of drug-likeness (QED) is 0.315. The molecule has 0 spiro atoms. The first-order valence-electron chi connectivity index (χ1n) is 10.7. The average Bonchev–Trinajstić information content (AvgIpc) is 3.23. The minimum Gasteiger partial charge on any atom is -0.494 e. The molecule has 0 aliphatic carbocycles. The molecule has 4 aromatic rings. The minimum atomic E-state index is -3.82. The van der Waals surface area contributed by atoms with E-state index < -0.39 is 10.0 Å². The highest BCUT2D eigenvalue weighted by molar-refractivity contribution is 7.92. The van der Waals surface area contributed by atoms with E-state index in [1.807, 2.05) is 31.2 Å². The van der Waals surface area contributed by atoms with Gasteiger partial charge >= 0.3 is 0 Å². The summed E-state index contributed by atoms with van der Waals surface area (Å²) in [5.41, 5.74) is 2.28. The topological polar surface area (TPSA) is 82.5 Å². The van der Waals surface area contributed by atoms with Gasteiger partial charge in [-0.1, -0.05) is 41.9 Å². The fourth-order valence-electron chi connectivity index (χ4n) is 3.27.